The van der Waals surface area contributed by atoms with Crippen LogP contribution in [0, 0.1) is 5.92 Å². The first-order chi connectivity index (χ1) is 8.72. The van der Waals surface area contributed by atoms with Crippen molar-refractivity contribution < 1.29 is 9.84 Å². The Kier molecular flexibility index (Phi) is 4.31. The highest BCUT2D eigenvalue weighted by molar-refractivity contribution is 5.61. The Morgan fingerprint density at radius 2 is 2.28 bits per heavy atom. The maximum Gasteiger partial charge on any atom is 0.123 e. The van der Waals surface area contributed by atoms with Gasteiger partial charge in [0.2, 0.25) is 0 Å². The molecule has 0 aromatic heterocycles. The number of nitrogens with zero attached hydrogens (tertiary/aromatic N) is 1. The van der Waals surface area contributed by atoms with E-state index in [1.807, 2.05) is 25.1 Å². The second-order valence-electron chi connectivity index (χ2n) is 4.81. The van der Waals surface area contributed by atoms with E-state index < -0.39 is 0 Å². The predicted octanol–water partition coefficient (Wildman–Crippen LogP) is 1.88. The SMILES string of the molecule is CCOc1cc(N)cc(N2CCC(CCO)C2)c1. The van der Waals surface area contributed by atoms with Crippen LogP contribution in [-0.4, -0.2) is 31.4 Å². The van der Waals surface area contributed by atoms with Gasteiger partial charge < -0.3 is 20.5 Å². The molecule has 1 aliphatic rings. The minimum atomic E-state index is 0.277. The van der Waals surface area contributed by atoms with E-state index in [0.29, 0.717) is 12.5 Å². The molecule has 0 amide bonds. The van der Waals surface area contributed by atoms with Crippen molar-refractivity contribution in [2.24, 2.45) is 5.92 Å². The summed E-state index contributed by atoms with van der Waals surface area (Å²) >= 11 is 0. The normalized spacial score (nSPS) is 19.2. The third-order valence-electron chi connectivity index (χ3n) is 3.41. The van der Waals surface area contributed by atoms with Gasteiger partial charge in [0.05, 0.1) is 6.61 Å². The van der Waals surface area contributed by atoms with Gasteiger partial charge in [-0.05, 0) is 31.7 Å². The Labute approximate surface area is 108 Å². The van der Waals surface area contributed by atoms with Crippen LogP contribution in [0.2, 0.25) is 0 Å². The van der Waals surface area contributed by atoms with Crippen molar-refractivity contribution in [3.63, 3.8) is 0 Å². The quantitative estimate of drug-likeness (QED) is 0.783. The molecule has 4 heteroatoms. The highest BCUT2D eigenvalue weighted by Crippen LogP contribution is 2.30. The van der Waals surface area contributed by atoms with Gasteiger partial charge in [0.25, 0.3) is 0 Å². The summed E-state index contributed by atoms with van der Waals surface area (Å²) in [5, 5.41) is 8.98. The molecule has 18 heavy (non-hydrogen) atoms. The van der Waals surface area contributed by atoms with Gasteiger partial charge in [-0.15, -0.1) is 0 Å². The lowest BCUT2D eigenvalue weighted by molar-refractivity contribution is 0.263. The Balaban J connectivity index is 2.08. The number of aliphatic hydroxyl groups is 1. The molecule has 1 aromatic rings. The van der Waals surface area contributed by atoms with Crippen LogP contribution in [0.5, 0.6) is 5.75 Å². The smallest absolute Gasteiger partial charge is 0.123 e. The van der Waals surface area contributed by atoms with Gasteiger partial charge in [-0.1, -0.05) is 0 Å². The van der Waals surface area contributed by atoms with Crippen molar-refractivity contribution >= 4 is 11.4 Å². The van der Waals surface area contributed by atoms with Gasteiger partial charge in [-0.2, -0.15) is 0 Å². The number of rotatable bonds is 5. The van der Waals surface area contributed by atoms with Crippen LogP contribution in [0.15, 0.2) is 18.2 Å². The monoisotopic (exact) mass is 250 g/mol. The molecule has 1 heterocycles. The van der Waals surface area contributed by atoms with Gasteiger partial charge in [-0.25, -0.2) is 0 Å². The minimum Gasteiger partial charge on any atom is -0.494 e. The summed E-state index contributed by atoms with van der Waals surface area (Å²) in [6, 6.07) is 5.89. The molecule has 1 saturated heterocycles. The van der Waals surface area contributed by atoms with Crippen molar-refractivity contribution in [2.45, 2.75) is 19.8 Å². The molecular weight excluding hydrogens is 228 g/mol. The zero-order chi connectivity index (χ0) is 13.0. The fourth-order valence-electron chi connectivity index (χ4n) is 2.52. The topological polar surface area (TPSA) is 58.7 Å². The molecule has 100 valence electrons. The average molecular weight is 250 g/mol. The van der Waals surface area contributed by atoms with E-state index in [-0.39, 0.29) is 6.61 Å². The molecule has 1 atom stereocenters. The number of ether oxygens (including phenoxy) is 1. The van der Waals surface area contributed by atoms with E-state index in [0.717, 1.165) is 43.1 Å². The molecule has 1 aromatic carbocycles. The van der Waals surface area contributed by atoms with Crippen LogP contribution in [0.3, 0.4) is 0 Å². The minimum absolute atomic E-state index is 0.277. The third-order valence-corrected chi connectivity index (χ3v) is 3.41. The number of hydrogen-bond donors (Lipinski definition) is 2. The second-order valence-corrected chi connectivity index (χ2v) is 4.81. The predicted molar refractivity (Wildman–Crippen MR) is 74.0 cm³/mol. The average Bonchev–Trinajstić information content (AvgIpc) is 2.78. The van der Waals surface area contributed by atoms with Crippen LogP contribution in [0.1, 0.15) is 19.8 Å². The molecule has 1 aliphatic heterocycles. The number of aliphatic hydroxyl groups excluding tert-OH is 1. The molecule has 1 fully saturated rings. The van der Waals surface area contributed by atoms with Crippen molar-refractivity contribution in [3.05, 3.63) is 18.2 Å². The summed E-state index contributed by atoms with van der Waals surface area (Å²) in [4.78, 5) is 2.32. The van der Waals surface area contributed by atoms with E-state index in [1.54, 1.807) is 0 Å². The van der Waals surface area contributed by atoms with E-state index >= 15 is 0 Å². The first kappa shape index (κ1) is 13.0. The van der Waals surface area contributed by atoms with Crippen molar-refractivity contribution in [2.75, 3.05) is 36.9 Å². The van der Waals surface area contributed by atoms with E-state index in [9.17, 15) is 0 Å². The largest absolute Gasteiger partial charge is 0.494 e. The lowest BCUT2D eigenvalue weighted by Crippen LogP contribution is -2.20. The van der Waals surface area contributed by atoms with Gasteiger partial charge in [0.15, 0.2) is 0 Å². The Hall–Kier alpha value is -1.42. The van der Waals surface area contributed by atoms with Crippen LogP contribution in [0.4, 0.5) is 11.4 Å². The molecule has 1 unspecified atom stereocenters. The molecule has 0 spiro atoms. The van der Waals surface area contributed by atoms with Crippen LogP contribution in [0.25, 0.3) is 0 Å². The lowest BCUT2D eigenvalue weighted by atomic mass is 10.1. The lowest BCUT2D eigenvalue weighted by Gasteiger charge is -2.20. The third kappa shape index (κ3) is 3.07. The molecule has 3 N–H and O–H groups in total. The molecule has 4 nitrogen and oxygen atoms in total. The summed E-state index contributed by atoms with van der Waals surface area (Å²) in [7, 11) is 0. The number of hydrogen-bond acceptors (Lipinski definition) is 4. The van der Waals surface area contributed by atoms with Crippen LogP contribution >= 0.6 is 0 Å². The van der Waals surface area contributed by atoms with Crippen molar-refractivity contribution in [1.29, 1.82) is 0 Å². The number of anilines is 2. The maximum atomic E-state index is 8.98. The van der Waals surface area contributed by atoms with E-state index in [2.05, 4.69) is 4.90 Å². The molecule has 0 radical (unpaired) electrons. The first-order valence-electron chi connectivity index (χ1n) is 6.62. The van der Waals surface area contributed by atoms with Gasteiger partial charge in [-0.3, -0.25) is 0 Å². The first-order valence-corrected chi connectivity index (χ1v) is 6.62. The number of benzene rings is 1. The summed E-state index contributed by atoms with van der Waals surface area (Å²) in [5.74, 6) is 1.42. The highest BCUT2D eigenvalue weighted by Gasteiger charge is 2.22. The van der Waals surface area contributed by atoms with Gasteiger partial charge >= 0.3 is 0 Å². The van der Waals surface area contributed by atoms with Crippen LogP contribution < -0.4 is 15.4 Å². The molecule has 0 bridgehead atoms. The van der Waals surface area contributed by atoms with Crippen LogP contribution in [-0.2, 0) is 0 Å². The maximum absolute atomic E-state index is 8.98. The Bertz CT molecular complexity index is 395. The highest BCUT2D eigenvalue weighted by atomic mass is 16.5. The Morgan fingerprint density at radius 3 is 3.00 bits per heavy atom. The zero-order valence-electron chi connectivity index (χ0n) is 10.9. The molecule has 0 aliphatic carbocycles. The zero-order valence-corrected chi connectivity index (χ0v) is 10.9. The standard InChI is InChI=1S/C14H22N2O2/c1-2-18-14-8-12(15)7-13(9-14)16-5-3-11(10-16)4-6-17/h7-9,11,17H,2-6,10,15H2,1H3. The number of nitrogens with two attached hydrogens (primary N) is 1. The van der Waals surface area contributed by atoms with Gasteiger partial charge in [0.1, 0.15) is 5.75 Å². The summed E-state index contributed by atoms with van der Waals surface area (Å²) in [6.45, 7) is 4.92. The summed E-state index contributed by atoms with van der Waals surface area (Å²) in [6.07, 6.45) is 2.02. The summed E-state index contributed by atoms with van der Waals surface area (Å²) in [5.41, 5.74) is 7.77. The Morgan fingerprint density at radius 1 is 1.44 bits per heavy atom. The number of nitrogen functional groups attached to an aromatic ring is 1. The van der Waals surface area contributed by atoms with E-state index in [4.69, 9.17) is 15.6 Å². The molecular formula is C14H22N2O2. The van der Waals surface area contributed by atoms with Crippen molar-refractivity contribution in [3.8, 4) is 5.75 Å². The fraction of sp³-hybridized carbons (Fsp3) is 0.571. The molecule has 0 saturated carbocycles. The van der Waals surface area contributed by atoms with Crippen molar-refractivity contribution in [1.82, 2.24) is 0 Å². The fourth-order valence-corrected chi connectivity index (χ4v) is 2.52. The van der Waals surface area contributed by atoms with E-state index in [1.165, 1.54) is 0 Å². The summed E-state index contributed by atoms with van der Waals surface area (Å²) < 4.78 is 5.51. The second kappa shape index (κ2) is 5.96. The van der Waals surface area contributed by atoms with Gasteiger partial charge in [0, 0.05) is 43.2 Å². The molecule has 2 rings (SSSR count).